The molecule has 0 fully saturated rings. The molecular weight excluding hydrogens is 327 g/mol. The molecule has 0 aliphatic rings. The quantitative estimate of drug-likeness (QED) is 0.791. The van der Waals surface area contributed by atoms with Gasteiger partial charge in [0.25, 0.3) is 0 Å². The van der Waals surface area contributed by atoms with Crippen LogP contribution in [-0.2, 0) is 11.3 Å². The molecule has 5 heteroatoms. The molecule has 0 saturated heterocycles. The van der Waals surface area contributed by atoms with E-state index in [2.05, 4.69) is 15.9 Å². The standard InChI is InChI=1S/C15H12BrFO3/c1-19-15(18)13-8-11(16)4-7-14(13)20-9-10-2-5-12(17)6-3-10/h2-8H,9H2,1H3. The van der Waals surface area contributed by atoms with Crippen molar-refractivity contribution in [2.75, 3.05) is 7.11 Å². The fraction of sp³-hybridized carbons (Fsp3) is 0.133. The number of methoxy groups -OCH3 is 1. The van der Waals surface area contributed by atoms with Gasteiger partial charge in [0.05, 0.1) is 7.11 Å². The molecule has 0 aliphatic carbocycles. The summed E-state index contributed by atoms with van der Waals surface area (Å²) in [4.78, 5) is 11.7. The van der Waals surface area contributed by atoms with Crippen LogP contribution in [0.5, 0.6) is 5.75 Å². The molecule has 0 radical (unpaired) electrons. The van der Waals surface area contributed by atoms with Crippen molar-refractivity contribution in [3.63, 3.8) is 0 Å². The normalized spacial score (nSPS) is 10.2. The molecule has 0 N–H and O–H groups in total. The van der Waals surface area contributed by atoms with Crippen LogP contribution in [0.25, 0.3) is 0 Å². The van der Waals surface area contributed by atoms with Gasteiger partial charge in [-0.3, -0.25) is 0 Å². The Labute approximate surface area is 124 Å². The zero-order valence-electron chi connectivity index (χ0n) is 10.7. The number of carbonyl (C=O) groups is 1. The van der Waals surface area contributed by atoms with Gasteiger partial charge in [-0.1, -0.05) is 28.1 Å². The summed E-state index contributed by atoms with van der Waals surface area (Å²) >= 11 is 3.29. The van der Waals surface area contributed by atoms with E-state index in [9.17, 15) is 9.18 Å². The predicted octanol–water partition coefficient (Wildman–Crippen LogP) is 3.95. The molecule has 20 heavy (non-hydrogen) atoms. The molecule has 2 aromatic rings. The molecule has 0 atom stereocenters. The minimum absolute atomic E-state index is 0.242. The van der Waals surface area contributed by atoms with Crippen LogP contribution in [0.1, 0.15) is 15.9 Å². The van der Waals surface area contributed by atoms with Gasteiger partial charge in [0.1, 0.15) is 23.7 Å². The zero-order chi connectivity index (χ0) is 14.5. The second-order valence-electron chi connectivity index (χ2n) is 4.05. The Morgan fingerprint density at radius 1 is 1.20 bits per heavy atom. The third kappa shape index (κ3) is 3.57. The Morgan fingerprint density at radius 2 is 1.90 bits per heavy atom. The maximum absolute atomic E-state index is 12.8. The van der Waals surface area contributed by atoms with E-state index in [1.165, 1.54) is 19.2 Å². The van der Waals surface area contributed by atoms with E-state index < -0.39 is 5.97 Å². The van der Waals surface area contributed by atoms with Gasteiger partial charge in [-0.2, -0.15) is 0 Å². The van der Waals surface area contributed by atoms with Crippen LogP contribution in [0.4, 0.5) is 4.39 Å². The maximum atomic E-state index is 12.8. The third-order valence-corrected chi connectivity index (χ3v) is 3.15. The smallest absolute Gasteiger partial charge is 0.341 e. The molecular formula is C15H12BrFO3. The molecule has 2 rings (SSSR count). The van der Waals surface area contributed by atoms with Gasteiger partial charge in [0, 0.05) is 4.47 Å². The number of halogens is 2. The van der Waals surface area contributed by atoms with Crippen molar-refractivity contribution in [2.45, 2.75) is 6.61 Å². The van der Waals surface area contributed by atoms with Crippen molar-refractivity contribution in [1.82, 2.24) is 0 Å². The van der Waals surface area contributed by atoms with Gasteiger partial charge in [0.15, 0.2) is 0 Å². The van der Waals surface area contributed by atoms with Crippen molar-refractivity contribution >= 4 is 21.9 Å². The molecule has 0 unspecified atom stereocenters. The van der Waals surface area contributed by atoms with Crippen LogP contribution in [0.2, 0.25) is 0 Å². The Bertz CT molecular complexity index is 611. The number of rotatable bonds is 4. The Morgan fingerprint density at radius 3 is 2.55 bits per heavy atom. The molecule has 0 aliphatic heterocycles. The first-order valence-electron chi connectivity index (χ1n) is 5.85. The van der Waals surface area contributed by atoms with Crippen LogP contribution in [0, 0.1) is 5.82 Å². The van der Waals surface area contributed by atoms with Crippen molar-refractivity contribution < 1.29 is 18.7 Å². The second-order valence-corrected chi connectivity index (χ2v) is 4.96. The molecule has 0 spiro atoms. The summed E-state index contributed by atoms with van der Waals surface area (Å²) in [5.41, 5.74) is 1.15. The minimum atomic E-state index is -0.472. The fourth-order valence-electron chi connectivity index (χ4n) is 1.64. The van der Waals surface area contributed by atoms with Gasteiger partial charge in [-0.25, -0.2) is 9.18 Å². The third-order valence-electron chi connectivity index (χ3n) is 2.65. The lowest BCUT2D eigenvalue weighted by Crippen LogP contribution is -2.06. The maximum Gasteiger partial charge on any atom is 0.341 e. The minimum Gasteiger partial charge on any atom is -0.488 e. The van der Waals surface area contributed by atoms with E-state index in [4.69, 9.17) is 9.47 Å². The lowest BCUT2D eigenvalue weighted by atomic mass is 10.2. The topological polar surface area (TPSA) is 35.5 Å². The van der Waals surface area contributed by atoms with E-state index in [-0.39, 0.29) is 12.4 Å². The zero-order valence-corrected chi connectivity index (χ0v) is 12.3. The molecule has 0 saturated carbocycles. The van der Waals surface area contributed by atoms with Crippen LogP contribution in [0.15, 0.2) is 46.9 Å². The van der Waals surface area contributed by atoms with E-state index in [1.54, 1.807) is 30.3 Å². The number of ether oxygens (including phenoxy) is 2. The average Bonchev–Trinajstić information content (AvgIpc) is 2.46. The lowest BCUT2D eigenvalue weighted by molar-refractivity contribution is 0.0595. The van der Waals surface area contributed by atoms with E-state index in [0.717, 1.165) is 10.0 Å². The number of hydrogen-bond acceptors (Lipinski definition) is 3. The van der Waals surface area contributed by atoms with Crippen molar-refractivity contribution in [2.24, 2.45) is 0 Å². The molecule has 0 bridgehead atoms. The number of benzene rings is 2. The SMILES string of the molecule is COC(=O)c1cc(Br)ccc1OCc1ccc(F)cc1. The first-order chi connectivity index (χ1) is 9.60. The van der Waals surface area contributed by atoms with Crippen LogP contribution >= 0.6 is 15.9 Å². The first kappa shape index (κ1) is 14.5. The highest BCUT2D eigenvalue weighted by Gasteiger charge is 2.13. The largest absolute Gasteiger partial charge is 0.488 e. The van der Waals surface area contributed by atoms with Gasteiger partial charge < -0.3 is 9.47 Å². The summed E-state index contributed by atoms with van der Waals surface area (Å²) < 4.78 is 23.9. The summed E-state index contributed by atoms with van der Waals surface area (Å²) in [5, 5.41) is 0. The second kappa shape index (κ2) is 6.52. The van der Waals surface area contributed by atoms with Gasteiger partial charge >= 0.3 is 5.97 Å². The highest BCUT2D eigenvalue weighted by molar-refractivity contribution is 9.10. The Hall–Kier alpha value is -1.88. The number of esters is 1. The van der Waals surface area contributed by atoms with Crippen LogP contribution in [-0.4, -0.2) is 13.1 Å². The number of hydrogen-bond donors (Lipinski definition) is 0. The van der Waals surface area contributed by atoms with Gasteiger partial charge in [0.2, 0.25) is 0 Å². The van der Waals surface area contributed by atoms with E-state index in [1.807, 2.05) is 0 Å². The van der Waals surface area contributed by atoms with Crippen molar-refractivity contribution in [3.8, 4) is 5.75 Å². The Kier molecular flexibility index (Phi) is 4.74. The predicted molar refractivity (Wildman–Crippen MR) is 76.2 cm³/mol. The molecule has 0 heterocycles. The summed E-state index contributed by atoms with van der Waals surface area (Å²) in [6, 6.07) is 11.1. The van der Waals surface area contributed by atoms with Gasteiger partial charge in [-0.05, 0) is 35.9 Å². The molecule has 2 aromatic carbocycles. The molecule has 0 amide bonds. The summed E-state index contributed by atoms with van der Waals surface area (Å²) in [6.07, 6.45) is 0. The van der Waals surface area contributed by atoms with E-state index in [0.29, 0.717) is 11.3 Å². The van der Waals surface area contributed by atoms with Gasteiger partial charge in [-0.15, -0.1) is 0 Å². The highest BCUT2D eigenvalue weighted by Crippen LogP contribution is 2.24. The van der Waals surface area contributed by atoms with Crippen molar-refractivity contribution in [3.05, 3.63) is 63.9 Å². The van der Waals surface area contributed by atoms with Crippen LogP contribution < -0.4 is 4.74 Å². The highest BCUT2D eigenvalue weighted by atomic mass is 79.9. The Balaban J connectivity index is 2.16. The first-order valence-corrected chi connectivity index (χ1v) is 6.64. The van der Waals surface area contributed by atoms with E-state index >= 15 is 0 Å². The average molecular weight is 339 g/mol. The summed E-state index contributed by atoms with van der Waals surface area (Å²) in [6.45, 7) is 0.242. The number of carbonyl (C=O) groups excluding carboxylic acids is 1. The molecule has 3 nitrogen and oxygen atoms in total. The van der Waals surface area contributed by atoms with Crippen molar-refractivity contribution in [1.29, 1.82) is 0 Å². The monoisotopic (exact) mass is 338 g/mol. The lowest BCUT2D eigenvalue weighted by Gasteiger charge is -2.10. The molecule has 104 valence electrons. The summed E-state index contributed by atoms with van der Waals surface area (Å²) in [5.74, 6) is -0.350. The fourth-order valence-corrected chi connectivity index (χ4v) is 2.00. The summed E-state index contributed by atoms with van der Waals surface area (Å²) in [7, 11) is 1.31. The molecule has 0 aromatic heterocycles. The van der Waals surface area contributed by atoms with Crippen LogP contribution in [0.3, 0.4) is 0 Å².